The van der Waals surface area contributed by atoms with Gasteiger partial charge >= 0.3 is 12.1 Å². The van der Waals surface area contributed by atoms with Crippen LogP contribution in [0.1, 0.15) is 98.9 Å². The summed E-state index contributed by atoms with van der Waals surface area (Å²) in [5, 5.41) is 5.68. The van der Waals surface area contributed by atoms with E-state index in [9.17, 15) is 19.2 Å². The zero-order valence-electron chi connectivity index (χ0n) is 29.1. The Kier molecular flexibility index (Phi) is 12.4. The summed E-state index contributed by atoms with van der Waals surface area (Å²) in [5.41, 5.74) is -0.127. The summed E-state index contributed by atoms with van der Waals surface area (Å²) in [4.78, 5) is 56.8. The van der Waals surface area contributed by atoms with E-state index in [0.717, 1.165) is 11.1 Å². The molecule has 0 spiro atoms. The zero-order valence-corrected chi connectivity index (χ0v) is 29.1. The van der Waals surface area contributed by atoms with Crippen LogP contribution in [-0.2, 0) is 30.3 Å². The van der Waals surface area contributed by atoms with Crippen molar-refractivity contribution in [3.63, 3.8) is 0 Å². The van der Waals surface area contributed by atoms with Crippen molar-refractivity contribution in [1.29, 1.82) is 0 Å². The maximum Gasteiger partial charge on any atom is 0.408 e. The van der Waals surface area contributed by atoms with Crippen molar-refractivity contribution in [1.82, 2.24) is 15.5 Å². The number of hydrogen-bond donors (Lipinski definition) is 2. The lowest BCUT2D eigenvalue weighted by molar-refractivity contribution is -0.159. The van der Waals surface area contributed by atoms with Crippen LogP contribution in [0.15, 0.2) is 54.6 Å². The van der Waals surface area contributed by atoms with Gasteiger partial charge < -0.3 is 25.0 Å². The number of hydrogen-bond acceptors (Lipinski definition) is 6. The fourth-order valence-electron chi connectivity index (χ4n) is 4.87. The Hall–Kier alpha value is -3.88. The number of alkyl carbamates (subject to hydrolysis) is 1. The molecule has 3 atom stereocenters. The van der Waals surface area contributed by atoms with Gasteiger partial charge in [0.05, 0.1) is 0 Å². The van der Waals surface area contributed by atoms with E-state index >= 15 is 0 Å². The number of nitrogens with one attached hydrogen (secondary N) is 2. The maximum atomic E-state index is 14.5. The first-order valence-electron chi connectivity index (χ1n) is 15.6. The molecule has 0 aliphatic carbocycles. The van der Waals surface area contributed by atoms with Gasteiger partial charge in [-0.05, 0) is 86.3 Å². The monoisotopic (exact) mass is 623 g/mol. The van der Waals surface area contributed by atoms with Crippen molar-refractivity contribution in [3.8, 4) is 0 Å². The Bertz CT molecular complexity index is 1320. The molecule has 3 amide bonds. The predicted octanol–water partition coefficient (Wildman–Crippen LogP) is 6.28. The van der Waals surface area contributed by atoms with Crippen molar-refractivity contribution >= 4 is 23.9 Å². The quantitative estimate of drug-likeness (QED) is 0.301. The second-order valence-electron chi connectivity index (χ2n) is 14.8. The smallest absolute Gasteiger partial charge is 0.408 e. The second-order valence-corrected chi connectivity index (χ2v) is 14.8. The van der Waals surface area contributed by atoms with Gasteiger partial charge in [-0.15, -0.1) is 0 Å². The summed E-state index contributed by atoms with van der Waals surface area (Å²) >= 11 is 0. The summed E-state index contributed by atoms with van der Waals surface area (Å²) in [6.45, 7) is 21.6. The lowest BCUT2D eigenvalue weighted by Crippen LogP contribution is -2.60. The van der Waals surface area contributed by atoms with Crippen LogP contribution in [0.4, 0.5) is 4.79 Å². The molecular formula is C36H53N3O6. The van der Waals surface area contributed by atoms with E-state index in [0.29, 0.717) is 5.56 Å². The molecule has 2 aromatic carbocycles. The molecule has 0 heterocycles. The number of rotatable bonds is 10. The molecule has 3 unspecified atom stereocenters. The van der Waals surface area contributed by atoms with Crippen LogP contribution < -0.4 is 10.6 Å². The Balaban J connectivity index is 2.64. The van der Waals surface area contributed by atoms with Gasteiger partial charge in [0.2, 0.25) is 11.8 Å². The third kappa shape index (κ3) is 11.9. The van der Waals surface area contributed by atoms with E-state index < -0.39 is 58.7 Å². The van der Waals surface area contributed by atoms with E-state index in [1.54, 1.807) is 47.6 Å². The topological polar surface area (TPSA) is 114 Å². The lowest BCUT2D eigenvalue weighted by atomic mass is 9.92. The van der Waals surface area contributed by atoms with Crippen LogP contribution in [0.5, 0.6) is 0 Å². The molecule has 2 rings (SSSR count). The largest absolute Gasteiger partial charge is 0.458 e. The predicted molar refractivity (Wildman–Crippen MR) is 176 cm³/mol. The maximum absolute atomic E-state index is 14.5. The first-order valence-corrected chi connectivity index (χ1v) is 15.6. The molecule has 0 radical (unpaired) electrons. The number of nitrogens with zero attached hydrogens (tertiary/aromatic N) is 1. The standard InChI is InChI=1S/C36H53N3O6/c1-23(2)28(38-33(43)45-36(10,11)12)31(41)39(34(4,5)6)29(26-20-16-17-24(3)21-26)30(40)37-27(32(42)44-35(7,8)9)22-25-18-14-13-15-19-25/h13-21,23,27-29H,22H2,1-12H3,(H,37,40)(H,38,43). The van der Waals surface area contributed by atoms with Crippen LogP contribution in [-0.4, -0.2) is 57.6 Å². The van der Waals surface area contributed by atoms with Gasteiger partial charge in [-0.2, -0.15) is 0 Å². The molecule has 0 saturated carbocycles. The van der Waals surface area contributed by atoms with Crippen molar-refractivity contribution in [3.05, 3.63) is 71.3 Å². The van der Waals surface area contributed by atoms with Crippen LogP contribution in [0.25, 0.3) is 0 Å². The Labute approximate surface area is 269 Å². The number of benzene rings is 2. The van der Waals surface area contributed by atoms with Crippen LogP contribution >= 0.6 is 0 Å². The fourth-order valence-corrected chi connectivity index (χ4v) is 4.87. The average Bonchev–Trinajstić information content (AvgIpc) is 2.87. The number of esters is 1. The molecule has 45 heavy (non-hydrogen) atoms. The minimum atomic E-state index is -1.14. The number of carbonyl (C=O) groups is 4. The van der Waals surface area contributed by atoms with Crippen LogP contribution in [0, 0.1) is 12.8 Å². The first kappa shape index (κ1) is 37.3. The number of ether oxygens (including phenoxy) is 2. The zero-order chi connectivity index (χ0) is 34.3. The Morgan fingerprint density at radius 1 is 0.778 bits per heavy atom. The highest BCUT2D eigenvalue weighted by Crippen LogP contribution is 2.32. The van der Waals surface area contributed by atoms with E-state index in [-0.39, 0.29) is 12.3 Å². The van der Waals surface area contributed by atoms with Crippen LogP contribution in [0.2, 0.25) is 0 Å². The van der Waals surface area contributed by atoms with Crippen molar-refractivity contribution in [2.24, 2.45) is 5.92 Å². The summed E-state index contributed by atoms with van der Waals surface area (Å²) < 4.78 is 11.2. The van der Waals surface area contributed by atoms with Gasteiger partial charge in [0.15, 0.2) is 0 Å². The van der Waals surface area contributed by atoms with Gasteiger partial charge in [0.1, 0.15) is 29.3 Å². The molecule has 0 aliphatic rings. The van der Waals surface area contributed by atoms with Crippen LogP contribution in [0.3, 0.4) is 0 Å². The minimum absolute atomic E-state index is 0.195. The molecule has 2 N–H and O–H groups in total. The molecule has 2 aromatic rings. The Morgan fingerprint density at radius 3 is 1.84 bits per heavy atom. The highest BCUT2D eigenvalue weighted by molar-refractivity contribution is 5.94. The molecule has 0 saturated heterocycles. The number of amides is 3. The van der Waals surface area contributed by atoms with Gasteiger partial charge in [-0.25, -0.2) is 9.59 Å². The van der Waals surface area contributed by atoms with Gasteiger partial charge in [-0.1, -0.05) is 74.0 Å². The van der Waals surface area contributed by atoms with Crippen molar-refractivity contribution < 1.29 is 28.7 Å². The highest BCUT2D eigenvalue weighted by Gasteiger charge is 2.43. The molecule has 0 aromatic heterocycles. The molecule has 9 nitrogen and oxygen atoms in total. The third-order valence-corrected chi connectivity index (χ3v) is 6.72. The second kappa shape index (κ2) is 14.9. The summed E-state index contributed by atoms with van der Waals surface area (Å²) in [5.74, 6) is -1.91. The normalized spacial score (nSPS) is 14.2. The first-order chi connectivity index (χ1) is 20.6. The SMILES string of the molecule is Cc1cccc(C(C(=O)NC(Cc2ccccc2)C(=O)OC(C)(C)C)N(C(=O)C(NC(=O)OC(C)(C)C)C(C)C)C(C)(C)C)c1. The van der Waals surface area contributed by atoms with Gasteiger partial charge in [-0.3, -0.25) is 9.59 Å². The summed E-state index contributed by atoms with van der Waals surface area (Å²) in [7, 11) is 0. The average molecular weight is 624 g/mol. The third-order valence-electron chi connectivity index (χ3n) is 6.72. The minimum Gasteiger partial charge on any atom is -0.458 e. The van der Waals surface area contributed by atoms with E-state index in [2.05, 4.69) is 10.6 Å². The van der Waals surface area contributed by atoms with E-state index in [1.165, 1.54) is 4.90 Å². The van der Waals surface area contributed by atoms with E-state index in [4.69, 9.17) is 9.47 Å². The molecular weight excluding hydrogens is 570 g/mol. The molecule has 0 fully saturated rings. The van der Waals surface area contributed by atoms with Gasteiger partial charge in [0, 0.05) is 12.0 Å². The van der Waals surface area contributed by atoms with Crippen molar-refractivity contribution in [2.75, 3.05) is 0 Å². The fraction of sp³-hybridized carbons (Fsp3) is 0.556. The lowest BCUT2D eigenvalue weighted by Gasteiger charge is -2.44. The Morgan fingerprint density at radius 2 is 1.36 bits per heavy atom. The van der Waals surface area contributed by atoms with Gasteiger partial charge in [0.25, 0.3) is 0 Å². The molecule has 248 valence electrons. The van der Waals surface area contributed by atoms with Crippen molar-refractivity contribution in [2.45, 2.75) is 124 Å². The molecule has 9 heteroatoms. The highest BCUT2D eigenvalue weighted by atomic mass is 16.6. The molecule has 0 bridgehead atoms. The summed E-state index contributed by atoms with van der Waals surface area (Å²) in [6, 6.07) is 13.6. The number of aryl methyl sites for hydroxylation is 1. The number of carbonyl (C=O) groups excluding carboxylic acids is 4. The summed E-state index contributed by atoms with van der Waals surface area (Å²) in [6.07, 6.45) is -0.534. The van der Waals surface area contributed by atoms with E-state index in [1.807, 2.05) is 90.1 Å². The molecule has 0 aliphatic heterocycles.